The van der Waals surface area contributed by atoms with Crippen molar-refractivity contribution in [2.24, 2.45) is 0 Å². The van der Waals surface area contributed by atoms with Crippen LogP contribution < -0.4 is 35.6 Å². The Kier molecular flexibility index (Phi) is 22.9. The van der Waals surface area contributed by atoms with Crippen LogP contribution in [0.5, 0.6) is 23.0 Å². The summed E-state index contributed by atoms with van der Waals surface area (Å²) in [7, 11) is 9.87. The molecule has 0 spiro atoms. The topological polar surface area (TPSA) is 246 Å². The predicted octanol–water partition coefficient (Wildman–Crippen LogP) is 8.10. The molecule has 0 atom stereocenters. The van der Waals surface area contributed by atoms with E-state index in [2.05, 4.69) is 31.9 Å². The van der Waals surface area contributed by atoms with Crippen LogP contribution in [-0.4, -0.2) is 78.9 Å². The van der Waals surface area contributed by atoms with Crippen LogP contribution in [0, 0.1) is 15.0 Å². The molecular weight excluding hydrogens is 1050 g/mol. The van der Waals surface area contributed by atoms with Crippen LogP contribution in [0.15, 0.2) is 81.7 Å². The second-order valence-corrected chi connectivity index (χ2v) is 19.5. The number of nitrogens with two attached hydrogens (primary N) is 2. The fourth-order valence-electron chi connectivity index (χ4n) is 4.37. The van der Waals surface area contributed by atoms with Gasteiger partial charge in [-0.2, -0.15) is 0 Å². The minimum Gasteiger partial charge on any atom is -0.870 e. The number of nitrogens with one attached hydrogen (secondary N) is 1. The van der Waals surface area contributed by atoms with Crippen molar-refractivity contribution in [1.82, 2.24) is 0 Å². The van der Waals surface area contributed by atoms with Crippen molar-refractivity contribution in [3.8, 4) is 23.0 Å². The molecule has 0 saturated carbocycles. The number of carbonyl (C=O) groups is 2. The van der Waals surface area contributed by atoms with Crippen molar-refractivity contribution in [3.05, 3.63) is 108 Å². The zero-order valence-corrected chi connectivity index (χ0v) is 40.3. The van der Waals surface area contributed by atoms with Gasteiger partial charge in [0.15, 0.2) is 11.5 Å². The number of carbonyl (C=O) groups excluding carboxylic acids is 2. The van der Waals surface area contributed by atoms with Crippen LogP contribution >= 0.6 is 49.7 Å². The van der Waals surface area contributed by atoms with E-state index in [-0.39, 0.29) is 48.0 Å². The van der Waals surface area contributed by atoms with E-state index in [0.29, 0.717) is 49.7 Å². The Morgan fingerprint density at radius 1 is 0.695 bits per heavy atom. The van der Waals surface area contributed by atoms with E-state index in [1.807, 2.05) is 12.1 Å². The summed E-state index contributed by atoms with van der Waals surface area (Å²) in [6.45, 7) is 11.1. The molecule has 0 unspecified atom stereocenters. The van der Waals surface area contributed by atoms with Crippen LogP contribution in [0.2, 0.25) is 0 Å². The van der Waals surface area contributed by atoms with Gasteiger partial charge in [-0.3, -0.25) is 10.1 Å². The summed E-state index contributed by atoms with van der Waals surface area (Å²) in [6.07, 6.45) is 0. The molecule has 16 nitrogen and oxygen atoms in total. The van der Waals surface area contributed by atoms with Crippen molar-refractivity contribution >= 4 is 103 Å². The molecule has 6 N–H and O–H groups in total. The molecule has 0 aromatic heterocycles. The fourth-order valence-corrected chi connectivity index (χ4v) is 5.34. The molecule has 0 aliphatic rings. The second kappa shape index (κ2) is 25.5. The summed E-state index contributed by atoms with van der Waals surface area (Å²) in [5, 5.41) is 13.2. The second-order valence-electron chi connectivity index (χ2n) is 13.5. The monoisotopic (exact) mass is 1100 g/mol. The summed E-state index contributed by atoms with van der Waals surface area (Å²) >= 11 is 5.76. The zero-order valence-electron chi connectivity index (χ0n) is 32.8. The van der Waals surface area contributed by atoms with Gasteiger partial charge in [0, 0.05) is 37.2 Å². The van der Waals surface area contributed by atoms with E-state index >= 15 is 0 Å². The molecule has 0 fully saturated rings. The van der Waals surface area contributed by atoms with Gasteiger partial charge in [-0.1, -0.05) is 24.3 Å². The van der Waals surface area contributed by atoms with Crippen LogP contribution in [-0.2, 0) is 9.47 Å². The number of ether oxygens (including phenoxy) is 6. The number of halogens is 4. The first-order chi connectivity index (χ1) is 27.2. The molecule has 0 aliphatic heterocycles. The van der Waals surface area contributed by atoms with E-state index in [1.165, 1.54) is 12.1 Å². The van der Waals surface area contributed by atoms with Crippen LogP contribution in [0.1, 0.15) is 62.3 Å². The van der Waals surface area contributed by atoms with Gasteiger partial charge in [0.1, 0.15) is 49.1 Å². The average Bonchev–Trinajstić information content (AvgIpc) is 3.13. The summed E-state index contributed by atoms with van der Waals surface area (Å²) < 4.78 is 33.6. The number of nitro groups is 1. The summed E-state index contributed by atoms with van der Waals surface area (Å²) in [6, 6.07) is 19.4. The van der Waals surface area contributed by atoms with Crippen LogP contribution in [0.4, 0.5) is 22.7 Å². The van der Waals surface area contributed by atoms with Crippen molar-refractivity contribution in [2.45, 2.75) is 52.7 Å². The number of rotatable bonds is 14. The number of para-hydroxylation sites is 4. The van der Waals surface area contributed by atoms with E-state index in [4.69, 9.17) is 57.7 Å². The number of nitroso groups, excluding NO2 is 1. The van der Waals surface area contributed by atoms with Gasteiger partial charge < -0.3 is 45.4 Å². The molecule has 320 valence electrons. The molecular formula is C38H44Br2Cl2N4O12Sn. The summed E-state index contributed by atoms with van der Waals surface area (Å²) in [5.41, 5.74) is 11.6. The number of nitro benzene ring substituents is 1. The van der Waals surface area contributed by atoms with E-state index in [0.717, 1.165) is 6.07 Å². The molecule has 2 radical (unpaired) electrons. The smallest absolute Gasteiger partial charge is 0.870 e. The first-order valence-corrected chi connectivity index (χ1v) is 25.9. The molecule has 0 heterocycles. The first kappa shape index (κ1) is 52.9. The van der Waals surface area contributed by atoms with Gasteiger partial charge >= 0.3 is 54.4 Å². The molecule has 4 aromatic carbocycles. The Hall–Kier alpha value is -4.08. The van der Waals surface area contributed by atoms with Crippen LogP contribution in [0.25, 0.3) is 0 Å². The Morgan fingerprint density at radius 2 is 1.10 bits per heavy atom. The maximum atomic E-state index is 12.3. The quantitative estimate of drug-likeness (QED) is 0.0270. The van der Waals surface area contributed by atoms with Gasteiger partial charge in [0.25, 0.3) is 5.69 Å². The average molecular weight is 1100 g/mol. The Bertz CT molecular complexity index is 2040. The van der Waals surface area contributed by atoms with Crippen LogP contribution in [0.3, 0.4) is 0 Å². The normalized spacial score (nSPS) is 10.5. The third kappa shape index (κ3) is 18.8. The number of hydrogen-bond acceptors (Lipinski definition) is 14. The maximum absolute atomic E-state index is 12.3. The minimum atomic E-state index is -0.826. The van der Waals surface area contributed by atoms with Gasteiger partial charge in [-0.05, 0) is 104 Å². The van der Waals surface area contributed by atoms with Gasteiger partial charge in [0.05, 0.1) is 27.4 Å². The Balaban J connectivity index is 0.000000547. The summed E-state index contributed by atoms with van der Waals surface area (Å²) in [5.74, 6) is 0.212. The molecule has 0 amide bonds. The van der Waals surface area contributed by atoms with Gasteiger partial charge in [-0.25, -0.2) is 9.59 Å². The molecule has 0 aliphatic carbocycles. The largest absolute Gasteiger partial charge is 0.870 e. The van der Waals surface area contributed by atoms with E-state index in [1.54, 1.807) is 89.2 Å². The molecule has 0 bridgehead atoms. The Morgan fingerprint density at radius 3 is 1.58 bits per heavy atom. The standard InChI is InChI=1S/C19H19BrN2O7.C19H23BrN2O4.2ClH.H2O.Sn/c1-19(2,3)29-18(23)12-10-15(22(25)26)17(11-13(12)20)28-9-8-27-16-7-5-4-6-14(16)21-24;1-19(2,3)26-18(23)12-10-15(22)17(11-13(12)20)25-9-8-24-16-7-5-4-6-14(16)21;;;;/h4-7,10-11H,8-9H2,1-3H3;4-7,10-11H,8-9,21-22H2,1-3H3;2*1H;1H2;/q;;;;;+2/p-2. The van der Waals surface area contributed by atoms with Crippen molar-refractivity contribution < 1.29 is 53.6 Å². The third-order valence-electron chi connectivity index (χ3n) is 6.70. The zero-order chi connectivity index (χ0) is 43.6. The number of nitrogen functional groups attached to an aromatic ring is 2. The third-order valence-corrected chi connectivity index (χ3v) is 8.01. The number of esters is 2. The van der Waals surface area contributed by atoms with Crippen molar-refractivity contribution in [2.75, 3.05) is 37.9 Å². The van der Waals surface area contributed by atoms with Gasteiger partial charge in [-0.15, -0.1) is 0 Å². The van der Waals surface area contributed by atoms with Crippen molar-refractivity contribution in [1.29, 1.82) is 0 Å². The number of hydrogen-bond donors (Lipinski definition) is 3. The SMILES string of the molecule is CC(C)(C)OC(=O)c1cc(N)c(OCCOc2ccccc2N)cc1Br.CC(C)(C)OC(=O)c1cc([N+](=O)[O-])c(OCCOc2ccccc2[NH+]=O)cc1Br.[Cl][Sn][Cl].[OH-]. The molecule has 21 heteroatoms. The van der Waals surface area contributed by atoms with Crippen molar-refractivity contribution in [3.63, 3.8) is 0 Å². The van der Waals surface area contributed by atoms with E-state index in [9.17, 15) is 24.6 Å². The minimum absolute atomic E-state index is 0. The number of nitrogens with zero attached hydrogens (tertiary/aromatic N) is 1. The molecule has 59 heavy (non-hydrogen) atoms. The number of anilines is 2. The molecule has 4 aromatic rings. The first-order valence-electron chi connectivity index (χ1n) is 17.0. The van der Waals surface area contributed by atoms with E-state index < -0.39 is 47.0 Å². The van der Waals surface area contributed by atoms with Gasteiger partial charge in [0.2, 0.25) is 0 Å². The molecule has 4 rings (SSSR count). The summed E-state index contributed by atoms with van der Waals surface area (Å²) in [4.78, 5) is 46.1. The number of benzene rings is 4. The Labute approximate surface area is 375 Å². The maximum Gasteiger partial charge on any atom is -0.870 e. The predicted molar refractivity (Wildman–Crippen MR) is 232 cm³/mol. The fraction of sp³-hybridized carbons (Fsp3) is 0.316. The molecule has 0 saturated heterocycles.